The molecule has 0 atom stereocenters. The van der Waals surface area contributed by atoms with Gasteiger partial charge in [0.1, 0.15) is 16.8 Å². The number of unbranched alkanes of at least 4 members (excludes halogenated alkanes) is 2. The third-order valence-corrected chi connectivity index (χ3v) is 11.4. The second-order valence-corrected chi connectivity index (χ2v) is 16.2. The van der Waals surface area contributed by atoms with Crippen LogP contribution in [0, 0.1) is 5.41 Å². The molecule has 0 aliphatic heterocycles. The quantitative estimate of drug-likeness (QED) is 0.164. The SMILES string of the molecule is CC(C)(C)OC(=O)C(C)(C)C(=O)CCCCCO[Si](c1ccccc1)(c1ccccc1)C(C)(C)C. The smallest absolute Gasteiger partial charge is 0.319 e. The van der Waals surface area contributed by atoms with Crippen LogP contribution < -0.4 is 10.4 Å². The molecule has 192 valence electrons. The van der Waals surface area contributed by atoms with Crippen molar-refractivity contribution < 1.29 is 18.8 Å². The average molecular weight is 497 g/mol. The maximum absolute atomic E-state index is 12.8. The summed E-state index contributed by atoms with van der Waals surface area (Å²) in [6.45, 7) is 16.2. The van der Waals surface area contributed by atoms with Gasteiger partial charge in [-0.2, -0.15) is 0 Å². The van der Waals surface area contributed by atoms with Crippen LogP contribution in [0.25, 0.3) is 0 Å². The van der Waals surface area contributed by atoms with Crippen LogP contribution in [-0.2, 0) is 18.8 Å². The summed E-state index contributed by atoms with van der Waals surface area (Å²) in [5.41, 5.74) is -1.73. The molecule has 0 aromatic heterocycles. The van der Waals surface area contributed by atoms with Gasteiger partial charge in [0.05, 0.1) is 0 Å². The molecule has 0 aliphatic carbocycles. The van der Waals surface area contributed by atoms with Crippen LogP contribution >= 0.6 is 0 Å². The monoisotopic (exact) mass is 496 g/mol. The average Bonchev–Trinajstić information content (AvgIpc) is 2.77. The van der Waals surface area contributed by atoms with Crippen LogP contribution in [0.1, 0.15) is 81.1 Å². The number of rotatable bonds is 11. The fraction of sp³-hybridized carbons (Fsp3) is 0.533. The summed E-state index contributed by atoms with van der Waals surface area (Å²) in [6, 6.07) is 21.2. The summed E-state index contributed by atoms with van der Waals surface area (Å²) in [7, 11) is -2.53. The molecule has 0 spiro atoms. The number of ether oxygens (including phenoxy) is 1. The van der Waals surface area contributed by atoms with Crippen molar-refractivity contribution in [3.05, 3.63) is 60.7 Å². The molecule has 0 N–H and O–H groups in total. The molecule has 0 saturated carbocycles. The standard InChI is InChI=1S/C30H44O4Si/c1-28(2,3)34-27(32)30(7,8)26(31)22-16-11-17-23-33-35(29(4,5)6,24-18-12-9-13-19-24)25-20-14-10-15-21-25/h9-10,12-15,18-21H,11,16-17,22-23H2,1-8H3. The van der Waals surface area contributed by atoms with E-state index in [1.165, 1.54) is 10.4 Å². The van der Waals surface area contributed by atoms with Crippen molar-refractivity contribution >= 4 is 30.4 Å². The number of Topliss-reactive ketones (excluding diaryl/α,β-unsaturated/α-hetero) is 1. The Balaban J connectivity index is 2.03. The van der Waals surface area contributed by atoms with Gasteiger partial charge in [0.2, 0.25) is 0 Å². The normalized spacial score (nSPS) is 12.9. The lowest BCUT2D eigenvalue weighted by atomic mass is 9.85. The van der Waals surface area contributed by atoms with Gasteiger partial charge in [-0.15, -0.1) is 0 Å². The van der Waals surface area contributed by atoms with Crippen molar-refractivity contribution in [1.82, 2.24) is 0 Å². The molecule has 0 unspecified atom stereocenters. The van der Waals surface area contributed by atoms with E-state index < -0.39 is 25.3 Å². The molecule has 0 radical (unpaired) electrons. The summed E-state index contributed by atoms with van der Waals surface area (Å²) >= 11 is 0. The maximum atomic E-state index is 12.8. The van der Waals surface area contributed by atoms with E-state index in [1.54, 1.807) is 13.8 Å². The molecular weight excluding hydrogens is 452 g/mol. The molecular formula is C30H44O4Si. The predicted octanol–water partition coefficient (Wildman–Crippen LogP) is 6.06. The number of carbonyl (C=O) groups is 2. The van der Waals surface area contributed by atoms with Gasteiger partial charge in [0, 0.05) is 13.0 Å². The number of esters is 1. The molecule has 5 heteroatoms. The maximum Gasteiger partial charge on any atom is 0.319 e. The van der Waals surface area contributed by atoms with Gasteiger partial charge in [0.25, 0.3) is 8.32 Å². The number of hydrogen-bond donors (Lipinski definition) is 0. The Morgan fingerprint density at radius 2 is 1.20 bits per heavy atom. The van der Waals surface area contributed by atoms with Gasteiger partial charge in [-0.1, -0.05) is 87.9 Å². The fourth-order valence-corrected chi connectivity index (χ4v) is 8.99. The summed E-state index contributed by atoms with van der Waals surface area (Å²) in [6.07, 6.45) is 2.83. The Morgan fingerprint density at radius 3 is 1.63 bits per heavy atom. The lowest BCUT2D eigenvalue weighted by molar-refractivity contribution is -0.168. The molecule has 0 aliphatic rings. The molecule has 4 nitrogen and oxygen atoms in total. The first-order valence-electron chi connectivity index (χ1n) is 12.7. The number of hydrogen-bond acceptors (Lipinski definition) is 4. The first-order chi connectivity index (χ1) is 16.2. The van der Waals surface area contributed by atoms with Crippen molar-refractivity contribution in [1.29, 1.82) is 0 Å². The zero-order valence-corrected chi connectivity index (χ0v) is 23.9. The van der Waals surface area contributed by atoms with E-state index in [4.69, 9.17) is 9.16 Å². The van der Waals surface area contributed by atoms with E-state index >= 15 is 0 Å². The highest BCUT2D eigenvalue weighted by molar-refractivity contribution is 6.99. The molecule has 35 heavy (non-hydrogen) atoms. The highest BCUT2D eigenvalue weighted by Gasteiger charge is 2.50. The molecule has 2 aromatic rings. The van der Waals surface area contributed by atoms with Crippen LogP contribution in [0.4, 0.5) is 0 Å². The minimum atomic E-state index is -2.53. The van der Waals surface area contributed by atoms with Crippen LogP contribution in [0.3, 0.4) is 0 Å². The van der Waals surface area contributed by atoms with E-state index in [-0.39, 0.29) is 10.8 Å². The third-order valence-electron chi connectivity index (χ3n) is 6.39. The Bertz CT molecular complexity index is 914. The molecule has 0 bridgehead atoms. The largest absolute Gasteiger partial charge is 0.459 e. The third kappa shape index (κ3) is 7.37. The lowest BCUT2D eigenvalue weighted by Crippen LogP contribution is -2.66. The van der Waals surface area contributed by atoms with Gasteiger partial charge in [0.15, 0.2) is 0 Å². The fourth-order valence-electron chi connectivity index (χ4n) is 4.38. The highest BCUT2D eigenvalue weighted by atomic mass is 28.4. The zero-order valence-electron chi connectivity index (χ0n) is 22.9. The Kier molecular flexibility index (Phi) is 9.66. The van der Waals surface area contributed by atoms with Gasteiger partial charge >= 0.3 is 5.97 Å². The molecule has 2 aromatic carbocycles. The van der Waals surface area contributed by atoms with Gasteiger partial charge < -0.3 is 9.16 Å². The molecule has 0 amide bonds. The van der Waals surface area contributed by atoms with Crippen LogP contribution in [0.2, 0.25) is 5.04 Å². The van der Waals surface area contributed by atoms with Crippen LogP contribution in [0.15, 0.2) is 60.7 Å². The second kappa shape index (κ2) is 11.7. The predicted molar refractivity (Wildman–Crippen MR) is 147 cm³/mol. The number of ketones is 1. The molecule has 2 rings (SSSR count). The first-order valence-corrected chi connectivity index (χ1v) is 14.6. The van der Waals surface area contributed by atoms with Crippen molar-refractivity contribution in [3.63, 3.8) is 0 Å². The van der Waals surface area contributed by atoms with Gasteiger partial charge in [-0.25, -0.2) is 0 Å². The minimum Gasteiger partial charge on any atom is -0.459 e. The second-order valence-electron chi connectivity index (χ2n) is 11.9. The number of carbonyl (C=O) groups excluding carboxylic acids is 2. The van der Waals surface area contributed by atoms with E-state index in [0.717, 1.165) is 19.3 Å². The summed E-state index contributed by atoms with van der Waals surface area (Å²) in [4.78, 5) is 25.2. The topological polar surface area (TPSA) is 52.6 Å². The van der Waals surface area contributed by atoms with Crippen molar-refractivity contribution in [3.8, 4) is 0 Å². The van der Waals surface area contributed by atoms with E-state index in [9.17, 15) is 9.59 Å². The summed E-state index contributed by atoms with van der Waals surface area (Å²) in [5.74, 6) is -0.523. The lowest BCUT2D eigenvalue weighted by Gasteiger charge is -2.43. The number of benzene rings is 2. The molecule has 0 heterocycles. The molecule has 0 saturated heterocycles. The minimum absolute atomic E-state index is 0.0525. The summed E-state index contributed by atoms with van der Waals surface area (Å²) < 4.78 is 12.4. The van der Waals surface area contributed by atoms with Gasteiger partial charge in [-0.05, 0) is 62.9 Å². The van der Waals surface area contributed by atoms with Crippen molar-refractivity contribution in [2.45, 2.75) is 91.7 Å². The van der Waals surface area contributed by atoms with E-state index in [2.05, 4.69) is 69.3 Å². The van der Waals surface area contributed by atoms with Gasteiger partial charge in [-0.3, -0.25) is 9.59 Å². The Morgan fingerprint density at radius 1 is 0.714 bits per heavy atom. The van der Waals surface area contributed by atoms with Crippen LogP contribution in [-0.4, -0.2) is 32.3 Å². The van der Waals surface area contributed by atoms with Crippen LogP contribution in [0.5, 0.6) is 0 Å². The first kappa shape index (κ1) is 29.0. The highest BCUT2D eigenvalue weighted by Crippen LogP contribution is 2.37. The zero-order chi connectivity index (χ0) is 26.3. The Labute approximate surface area is 213 Å². The van der Waals surface area contributed by atoms with Crippen molar-refractivity contribution in [2.75, 3.05) is 6.61 Å². The van der Waals surface area contributed by atoms with E-state index in [0.29, 0.717) is 13.0 Å². The van der Waals surface area contributed by atoms with Crippen molar-refractivity contribution in [2.24, 2.45) is 5.41 Å². The van der Waals surface area contributed by atoms with E-state index in [1.807, 2.05) is 32.9 Å². The Hall–Kier alpha value is -2.24. The summed E-state index contributed by atoms with van der Waals surface area (Å²) in [5, 5.41) is 2.49. The molecule has 0 fully saturated rings.